The summed E-state index contributed by atoms with van der Waals surface area (Å²) in [6.07, 6.45) is 4.62. The highest BCUT2D eigenvalue weighted by Crippen LogP contribution is 2.17. The molecular formula is C12H18N6O. The zero-order valence-electron chi connectivity index (χ0n) is 11.4. The fraction of sp³-hybridized carbons (Fsp3) is 0.500. The van der Waals surface area contributed by atoms with E-state index >= 15 is 0 Å². The second-order valence-electron chi connectivity index (χ2n) is 3.93. The molecule has 0 atom stereocenters. The normalized spacial score (nSPS) is 10.5. The zero-order valence-corrected chi connectivity index (χ0v) is 11.4. The van der Waals surface area contributed by atoms with Crippen LogP contribution < -0.4 is 10.1 Å². The number of nitrogens with zero attached hydrogens (tertiary/aromatic N) is 5. The van der Waals surface area contributed by atoms with Crippen molar-refractivity contribution in [2.75, 3.05) is 19.0 Å². The van der Waals surface area contributed by atoms with Crippen LogP contribution in [-0.4, -0.2) is 38.2 Å². The van der Waals surface area contributed by atoms with Crippen LogP contribution in [0.2, 0.25) is 0 Å². The van der Waals surface area contributed by atoms with E-state index in [0.717, 1.165) is 19.5 Å². The summed E-state index contributed by atoms with van der Waals surface area (Å²) in [5, 5.41) is 3.13. The van der Waals surface area contributed by atoms with E-state index in [1.807, 2.05) is 17.7 Å². The van der Waals surface area contributed by atoms with E-state index in [-0.39, 0.29) is 6.01 Å². The minimum absolute atomic E-state index is 0.286. The van der Waals surface area contributed by atoms with Gasteiger partial charge in [0.15, 0.2) is 5.82 Å². The number of imidazole rings is 1. The van der Waals surface area contributed by atoms with Crippen molar-refractivity contribution in [2.45, 2.75) is 26.8 Å². The molecule has 102 valence electrons. The molecular weight excluding hydrogens is 244 g/mol. The number of hydrogen-bond donors (Lipinski definition) is 1. The van der Waals surface area contributed by atoms with Crippen molar-refractivity contribution in [1.29, 1.82) is 0 Å². The summed E-state index contributed by atoms with van der Waals surface area (Å²) in [4.78, 5) is 17.1. The van der Waals surface area contributed by atoms with Crippen LogP contribution in [0.3, 0.4) is 0 Å². The Kier molecular flexibility index (Phi) is 4.27. The van der Waals surface area contributed by atoms with Gasteiger partial charge in [-0.2, -0.15) is 15.0 Å². The van der Waals surface area contributed by atoms with Gasteiger partial charge in [0.25, 0.3) is 0 Å². The molecule has 0 bridgehead atoms. The van der Waals surface area contributed by atoms with E-state index in [0.29, 0.717) is 17.6 Å². The predicted octanol–water partition coefficient (Wildman–Crippen LogP) is 1.59. The summed E-state index contributed by atoms with van der Waals surface area (Å²) in [6, 6.07) is 0.286. The van der Waals surface area contributed by atoms with Gasteiger partial charge in [0, 0.05) is 25.5 Å². The zero-order chi connectivity index (χ0) is 13.7. The molecule has 1 N–H and O–H groups in total. The molecule has 19 heavy (non-hydrogen) atoms. The number of anilines is 1. The molecule has 0 saturated heterocycles. The Morgan fingerprint density at radius 2 is 2.11 bits per heavy atom. The van der Waals surface area contributed by atoms with E-state index in [1.165, 1.54) is 7.11 Å². The van der Waals surface area contributed by atoms with Crippen LogP contribution in [0.1, 0.15) is 20.3 Å². The van der Waals surface area contributed by atoms with E-state index in [2.05, 4.69) is 32.2 Å². The van der Waals surface area contributed by atoms with Crippen LogP contribution in [0.15, 0.2) is 12.4 Å². The lowest BCUT2D eigenvalue weighted by molar-refractivity contribution is 0.379. The van der Waals surface area contributed by atoms with Crippen molar-refractivity contribution in [1.82, 2.24) is 24.5 Å². The first-order valence-corrected chi connectivity index (χ1v) is 6.33. The van der Waals surface area contributed by atoms with Gasteiger partial charge in [0.2, 0.25) is 11.8 Å². The third kappa shape index (κ3) is 2.98. The quantitative estimate of drug-likeness (QED) is 0.851. The molecule has 2 rings (SSSR count). The maximum absolute atomic E-state index is 5.11. The van der Waals surface area contributed by atoms with Crippen molar-refractivity contribution >= 4 is 5.95 Å². The van der Waals surface area contributed by atoms with Crippen LogP contribution >= 0.6 is 0 Å². The molecule has 0 fully saturated rings. The average molecular weight is 262 g/mol. The molecule has 0 aliphatic rings. The number of rotatable bonds is 6. The Hall–Kier alpha value is -2.18. The molecule has 0 aliphatic carbocycles. The van der Waals surface area contributed by atoms with Gasteiger partial charge >= 0.3 is 6.01 Å². The second-order valence-corrected chi connectivity index (χ2v) is 3.93. The molecule has 0 spiro atoms. The molecule has 0 aromatic carbocycles. The lowest BCUT2D eigenvalue weighted by Gasteiger charge is -2.08. The third-order valence-electron chi connectivity index (χ3n) is 2.59. The lowest BCUT2D eigenvalue weighted by atomic mass is 10.5. The van der Waals surface area contributed by atoms with Gasteiger partial charge in [-0.05, 0) is 13.3 Å². The van der Waals surface area contributed by atoms with E-state index in [1.54, 1.807) is 6.20 Å². The summed E-state index contributed by atoms with van der Waals surface area (Å²) in [5.74, 6) is 1.73. The van der Waals surface area contributed by atoms with Gasteiger partial charge in [-0.25, -0.2) is 4.98 Å². The minimum Gasteiger partial charge on any atom is -0.467 e. The highest BCUT2D eigenvalue weighted by molar-refractivity contribution is 5.47. The minimum atomic E-state index is 0.286. The molecule has 7 nitrogen and oxygen atoms in total. The fourth-order valence-corrected chi connectivity index (χ4v) is 1.63. The summed E-state index contributed by atoms with van der Waals surface area (Å²) in [7, 11) is 1.54. The first-order valence-electron chi connectivity index (χ1n) is 6.33. The first kappa shape index (κ1) is 13.3. The van der Waals surface area contributed by atoms with Crippen molar-refractivity contribution in [3.63, 3.8) is 0 Å². The molecule has 0 aliphatic heterocycles. The molecule has 0 amide bonds. The van der Waals surface area contributed by atoms with Gasteiger partial charge in [0.1, 0.15) is 0 Å². The number of ether oxygens (including phenoxy) is 1. The topological polar surface area (TPSA) is 77.8 Å². The summed E-state index contributed by atoms with van der Waals surface area (Å²) in [6.45, 7) is 5.73. The Labute approximate surface area is 112 Å². The molecule has 0 radical (unpaired) electrons. The van der Waals surface area contributed by atoms with Gasteiger partial charge < -0.3 is 14.6 Å². The first-order chi connectivity index (χ1) is 9.28. The maximum Gasteiger partial charge on any atom is 0.321 e. The Bertz CT molecular complexity index is 539. The van der Waals surface area contributed by atoms with Gasteiger partial charge in [-0.3, -0.25) is 0 Å². The smallest absolute Gasteiger partial charge is 0.321 e. The Morgan fingerprint density at radius 3 is 2.79 bits per heavy atom. The molecule has 7 heteroatoms. The van der Waals surface area contributed by atoms with Crippen molar-refractivity contribution in [3.8, 4) is 17.7 Å². The van der Waals surface area contributed by atoms with Gasteiger partial charge in [-0.1, -0.05) is 6.92 Å². The number of aromatic nitrogens is 5. The Balaban J connectivity index is 2.38. The number of nitrogens with one attached hydrogen (secondary N) is 1. The summed E-state index contributed by atoms with van der Waals surface area (Å²) in [5.41, 5.74) is 0. The highest BCUT2D eigenvalue weighted by Gasteiger charge is 2.12. The summed E-state index contributed by atoms with van der Waals surface area (Å²) < 4.78 is 7.08. The lowest BCUT2D eigenvalue weighted by Crippen LogP contribution is -2.09. The average Bonchev–Trinajstić information content (AvgIpc) is 2.93. The Morgan fingerprint density at radius 1 is 1.26 bits per heavy atom. The molecule has 2 heterocycles. The maximum atomic E-state index is 5.11. The van der Waals surface area contributed by atoms with Crippen LogP contribution in [0.5, 0.6) is 6.01 Å². The van der Waals surface area contributed by atoms with Crippen LogP contribution in [0.4, 0.5) is 5.95 Å². The summed E-state index contributed by atoms with van der Waals surface area (Å²) >= 11 is 0. The van der Waals surface area contributed by atoms with Gasteiger partial charge in [-0.15, -0.1) is 0 Å². The van der Waals surface area contributed by atoms with Crippen molar-refractivity contribution < 1.29 is 4.74 Å². The third-order valence-corrected chi connectivity index (χ3v) is 2.59. The van der Waals surface area contributed by atoms with Crippen LogP contribution in [-0.2, 0) is 6.54 Å². The number of methoxy groups -OCH3 is 1. The largest absolute Gasteiger partial charge is 0.467 e. The second kappa shape index (κ2) is 6.12. The van der Waals surface area contributed by atoms with E-state index in [4.69, 9.17) is 4.74 Å². The van der Waals surface area contributed by atoms with Gasteiger partial charge in [0.05, 0.1) is 7.11 Å². The number of hydrogen-bond acceptors (Lipinski definition) is 6. The van der Waals surface area contributed by atoms with Crippen LogP contribution in [0, 0.1) is 0 Å². The van der Waals surface area contributed by atoms with Crippen molar-refractivity contribution in [3.05, 3.63) is 12.4 Å². The monoisotopic (exact) mass is 262 g/mol. The molecule has 0 unspecified atom stereocenters. The van der Waals surface area contributed by atoms with Crippen LogP contribution in [0.25, 0.3) is 11.6 Å². The van der Waals surface area contributed by atoms with E-state index in [9.17, 15) is 0 Å². The highest BCUT2D eigenvalue weighted by atomic mass is 16.5. The standard InChI is InChI=1S/C12H18N6O/c1-4-6-14-11-15-9(16-12(17-11)19-3)10-13-7-8-18(10)5-2/h7-8H,4-6H2,1-3H3,(H,14,15,16,17). The van der Waals surface area contributed by atoms with E-state index < -0.39 is 0 Å². The molecule has 2 aromatic rings. The van der Waals surface area contributed by atoms with Crippen molar-refractivity contribution in [2.24, 2.45) is 0 Å². The predicted molar refractivity (Wildman–Crippen MR) is 72.1 cm³/mol. The molecule has 2 aromatic heterocycles. The number of aryl methyl sites for hydroxylation is 1. The SMILES string of the molecule is CCCNc1nc(OC)nc(-c2nccn2CC)n1. The fourth-order valence-electron chi connectivity index (χ4n) is 1.63. The molecule has 0 saturated carbocycles.